The summed E-state index contributed by atoms with van der Waals surface area (Å²) in [7, 11) is 3.34. The van der Waals surface area contributed by atoms with E-state index in [0.29, 0.717) is 0 Å². The molecule has 116 valence electrons. The zero-order valence-electron chi connectivity index (χ0n) is 12.9. The fraction of sp³-hybridized carbons (Fsp3) is 0.562. The van der Waals surface area contributed by atoms with Crippen molar-refractivity contribution in [2.75, 3.05) is 20.8 Å². The number of carbonyl (C=O) groups excluding carboxylic acids is 1. The Bertz CT molecular complexity index is 478. The van der Waals surface area contributed by atoms with Gasteiger partial charge < -0.3 is 20.1 Å². The van der Waals surface area contributed by atoms with E-state index in [2.05, 4.69) is 10.6 Å². The van der Waals surface area contributed by atoms with E-state index in [1.165, 1.54) is 0 Å². The molecule has 5 nitrogen and oxygen atoms in total. The summed E-state index contributed by atoms with van der Waals surface area (Å²) in [6.07, 6.45) is 1.60. The van der Waals surface area contributed by atoms with Crippen molar-refractivity contribution in [3.05, 3.63) is 29.8 Å². The lowest BCUT2D eigenvalue weighted by Crippen LogP contribution is -2.44. The lowest BCUT2D eigenvalue weighted by molar-refractivity contribution is -0.123. The van der Waals surface area contributed by atoms with E-state index in [4.69, 9.17) is 9.47 Å². The second kappa shape index (κ2) is 7.43. The summed E-state index contributed by atoms with van der Waals surface area (Å²) in [6.45, 7) is 2.74. The van der Waals surface area contributed by atoms with Gasteiger partial charge in [-0.3, -0.25) is 4.79 Å². The zero-order chi connectivity index (χ0) is 15.2. The first-order valence-electron chi connectivity index (χ1n) is 7.32. The first-order valence-corrected chi connectivity index (χ1v) is 7.32. The molecular formula is C16H24N2O3. The molecule has 0 bridgehead atoms. The third-order valence-electron chi connectivity index (χ3n) is 3.85. The molecule has 21 heavy (non-hydrogen) atoms. The average molecular weight is 292 g/mol. The number of para-hydroxylation sites is 1. The molecule has 0 aliphatic carbocycles. The standard InChI is InChI=1S/C16H24N2O3/c1-11(8-12-6-4-5-7-15(12)21-3)18-16(19)14-9-13(20-2)10-17-14/h4-7,11,13-14,17H,8-10H2,1-3H3,(H,18,19). The van der Waals surface area contributed by atoms with Crippen molar-refractivity contribution in [1.82, 2.24) is 10.6 Å². The zero-order valence-corrected chi connectivity index (χ0v) is 12.9. The Labute approximate surface area is 126 Å². The number of rotatable bonds is 6. The Morgan fingerprint density at radius 2 is 2.19 bits per heavy atom. The van der Waals surface area contributed by atoms with E-state index in [9.17, 15) is 4.79 Å². The summed E-state index contributed by atoms with van der Waals surface area (Å²) >= 11 is 0. The Balaban J connectivity index is 1.87. The number of hydrogen-bond donors (Lipinski definition) is 2. The van der Waals surface area contributed by atoms with Gasteiger partial charge in [-0.25, -0.2) is 0 Å². The number of methoxy groups -OCH3 is 2. The van der Waals surface area contributed by atoms with Crippen LogP contribution in [0.15, 0.2) is 24.3 Å². The highest BCUT2D eigenvalue weighted by molar-refractivity contribution is 5.82. The number of nitrogens with one attached hydrogen (secondary N) is 2. The fourth-order valence-corrected chi connectivity index (χ4v) is 2.68. The van der Waals surface area contributed by atoms with Gasteiger partial charge in [0, 0.05) is 19.7 Å². The van der Waals surface area contributed by atoms with Gasteiger partial charge in [0.2, 0.25) is 5.91 Å². The molecule has 1 aliphatic heterocycles. The van der Waals surface area contributed by atoms with Crippen LogP contribution in [-0.4, -0.2) is 44.9 Å². The Morgan fingerprint density at radius 3 is 2.86 bits per heavy atom. The molecule has 0 radical (unpaired) electrons. The molecule has 0 spiro atoms. The van der Waals surface area contributed by atoms with E-state index in [1.807, 2.05) is 31.2 Å². The Hall–Kier alpha value is -1.59. The highest BCUT2D eigenvalue weighted by Crippen LogP contribution is 2.19. The van der Waals surface area contributed by atoms with Crippen LogP contribution in [-0.2, 0) is 16.0 Å². The molecule has 1 saturated heterocycles. The molecule has 1 aromatic carbocycles. The van der Waals surface area contributed by atoms with Gasteiger partial charge >= 0.3 is 0 Å². The van der Waals surface area contributed by atoms with Crippen LogP contribution in [0.25, 0.3) is 0 Å². The molecule has 3 unspecified atom stereocenters. The van der Waals surface area contributed by atoms with E-state index < -0.39 is 0 Å². The predicted octanol–water partition coefficient (Wildman–Crippen LogP) is 1.12. The maximum Gasteiger partial charge on any atom is 0.237 e. The Kier molecular flexibility index (Phi) is 5.59. The average Bonchev–Trinajstić information content (AvgIpc) is 2.96. The van der Waals surface area contributed by atoms with Crippen LogP contribution < -0.4 is 15.4 Å². The van der Waals surface area contributed by atoms with E-state index >= 15 is 0 Å². The highest BCUT2D eigenvalue weighted by Gasteiger charge is 2.29. The topological polar surface area (TPSA) is 59.6 Å². The van der Waals surface area contributed by atoms with Gasteiger partial charge in [0.05, 0.1) is 19.3 Å². The van der Waals surface area contributed by atoms with E-state index in [1.54, 1.807) is 14.2 Å². The van der Waals surface area contributed by atoms with Crippen LogP contribution in [0.2, 0.25) is 0 Å². The number of carbonyl (C=O) groups is 1. The van der Waals surface area contributed by atoms with Gasteiger partial charge in [0.15, 0.2) is 0 Å². The molecule has 0 aromatic heterocycles. The molecule has 1 heterocycles. The van der Waals surface area contributed by atoms with Crippen molar-refractivity contribution in [3.63, 3.8) is 0 Å². The third-order valence-corrected chi connectivity index (χ3v) is 3.85. The molecule has 1 amide bonds. The van der Waals surface area contributed by atoms with Crippen molar-refractivity contribution < 1.29 is 14.3 Å². The Morgan fingerprint density at radius 1 is 1.43 bits per heavy atom. The SMILES string of the molecule is COc1ccccc1CC(C)NC(=O)C1CC(OC)CN1. The molecular weight excluding hydrogens is 268 g/mol. The minimum Gasteiger partial charge on any atom is -0.496 e. The lowest BCUT2D eigenvalue weighted by Gasteiger charge is -2.18. The number of hydrogen-bond acceptors (Lipinski definition) is 4. The maximum atomic E-state index is 12.2. The maximum absolute atomic E-state index is 12.2. The smallest absolute Gasteiger partial charge is 0.237 e. The van der Waals surface area contributed by atoms with Gasteiger partial charge in [-0.05, 0) is 31.4 Å². The predicted molar refractivity (Wildman–Crippen MR) is 81.5 cm³/mol. The quantitative estimate of drug-likeness (QED) is 0.825. The van der Waals surface area contributed by atoms with Gasteiger partial charge in [-0.15, -0.1) is 0 Å². The van der Waals surface area contributed by atoms with Gasteiger partial charge in [-0.1, -0.05) is 18.2 Å². The molecule has 5 heteroatoms. The minimum atomic E-state index is -0.157. The molecule has 1 fully saturated rings. The third kappa shape index (κ3) is 4.19. The largest absolute Gasteiger partial charge is 0.496 e. The number of benzene rings is 1. The van der Waals surface area contributed by atoms with E-state index in [-0.39, 0.29) is 24.1 Å². The highest BCUT2D eigenvalue weighted by atomic mass is 16.5. The van der Waals surface area contributed by atoms with Gasteiger partial charge in [0.1, 0.15) is 5.75 Å². The van der Waals surface area contributed by atoms with Crippen LogP contribution in [0.1, 0.15) is 18.9 Å². The molecule has 2 N–H and O–H groups in total. The van der Waals surface area contributed by atoms with Crippen LogP contribution in [0, 0.1) is 0 Å². The molecule has 2 rings (SSSR count). The molecule has 3 atom stereocenters. The fourth-order valence-electron chi connectivity index (χ4n) is 2.68. The summed E-state index contributed by atoms with van der Waals surface area (Å²) in [5.41, 5.74) is 1.10. The molecule has 0 saturated carbocycles. The first-order chi connectivity index (χ1) is 10.1. The summed E-state index contributed by atoms with van der Waals surface area (Å²) < 4.78 is 10.6. The summed E-state index contributed by atoms with van der Waals surface area (Å²) in [4.78, 5) is 12.2. The van der Waals surface area contributed by atoms with Crippen molar-refractivity contribution in [3.8, 4) is 5.75 Å². The minimum absolute atomic E-state index is 0.0388. The van der Waals surface area contributed by atoms with Crippen molar-refractivity contribution in [2.24, 2.45) is 0 Å². The second-order valence-corrected chi connectivity index (χ2v) is 5.48. The van der Waals surface area contributed by atoms with Crippen LogP contribution in [0.4, 0.5) is 0 Å². The monoisotopic (exact) mass is 292 g/mol. The summed E-state index contributed by atoms with van der Waals surface area (Å²) in [6, 6.07) is 7.78. The van der Waals surface area contributed by atoms with E-state index in [0.717, 1.165) is 30.7 Å². The van der Waals surface area contributed by atoms with Gasteiger partial charge in [-0.2, -0.15) is 0 Å². The summed E-state index contributed by atoms with van der Waals surface area (Å²) in [5, 5.41) is 6.24. The second-order valence-electron chi connectivity index (χ2n) is 5.48. The van der Waals surface area contributed by atoms with Gasteiger partial charge in [0.25, 0.3) is 0 Å². The normalized spacial score (nSPS) is 22.8. The van der Waals surface area contributed by atoms with Crippen molar-refractivity contribution in [2.45, 2.75) is 38.0 Å². The van der Waals surface area contributed by atoms with Crippen LogP contribution in [0.5, 0.6) is 5.75 Å². The van der Waals surface area contributed by atoms with Crippen LogP contribution in [0.3, 0.4) is 0 Å². The lowest BCUT2D eigenvalue weighted by atomic mass is 10.1. The first kappa shape index (κ1) is 15.8. The van der Waals surface area contributed by atoms with Crippen molar-refractivity contribution in [1.29, 1.82) is 0 Å². The van der Waals surface area contributed by atoms with Crippen molar-refractivity contribution >= 4 is 5.91 Å². The molecule has 1 aromatic rings. The molecule has 1 aliphatic rings. The number of ether oxygens (including phenoxy) is 2. The number of amides is 1. The van der Waals surface area contributed by atoms with Crippen LogP contribution >= 0.6 is 0 Å². The summed E-state index contributed by atoms with van der Waals surface area (Å²) in [5.74, 6) is 0.897.